The lowest BCUT2D eigenvalue weighted by Gasteiger charge is -2.06. The van der Waals surface area contributed by atoms with Gasteiger partial charge in [0.25, 0.3) is 0 Å². The zero-order chi connectivity index (χ0) is 15.6. The van der Waals surface area contributed by atoms with Crippen LogP contribution in [0, 0.1) is 0 Å². The third-order valence-corrected chi connectivity index (χ3v) is 3.52. The van der Waals surface area contributed by atoms with Gasteiger partial charge in [0.2, 0.25) is 5.91 Å². The molecule has 1 amide bonds. The Morgan fingerprint density at radius 2 is 1.77 bits per heavy atom. The molecule has 0 aliphatic heterocycles. The summed E-state index contributed by atoms with van der Waals surface area (Å²) >= 11 is 0. The van der Waals surface area contributed by atoms with Gasteiger partial charge in [0.1, 0.15) is 5.75 Å². The second-order valence-corrected chi connectivity index (χ2v) is 5.19. The largest absolute Gasteiger partial charge is 0.497 e. The minimum Gasteiger partial charge on any atom is -0.497 e. The van der Waals surface area contributed by atoms with Crippen LogP contribution >= 0.6 is 0 Å². The molecule has 4 nitrogen and oxygen atoms in total. The van der Waals surface area contributed by atoms with Gasteiger partial charge in [0, 0.05) is 25.4 Å². The Balaban J connectivity index is 1.60. The lowest BCUT2D eigenvalue weighted by molar-refractivity contribution is -0.121. The summed E-state index contributed by atoms with van der Waals surface area (Å²) in [6.45, 7) is 0.569. The Morgan fingerprint density at radius 3 is 2.45 bits per heavy atom. The van der Waals surface area contributed by atoms with E-state index in [1.54, 1.807) is 19.5 Å². The average Bonchev–Trinajstić information content (AvgIpc) is 2.58. The molecule has 0 bridgehead atoms. The van der Waals surface area contributed by atoms with Gasteiger partial charge >= 0.3 is 0 Å². The first kappa shape index (κ1) is 16.0. The van der Waals surface area contributed by atoms with Gasteiger partial charge in [-0.15, -0.1) is 0 Å². The van der Waals surface area contributed by atoms with Crippen LogP contribution < -0.4 is 10.1 Å². The van der Waals surface area contributed by atoms with Crippen molar-refractivity contribution in [2.45, 2.75) is 32.2 Å². The van der Waals surface area contributed by atoms with E-state index >= 15 is 0 Å². The number of unbranched alkanes of at least 4 members (excludes halogenated alkanes) is 1. The molecule has 0 fully saturated rings. The van der Waals surface area contributed by atoms with Crippen LogP contribution in [0.2, 0.25) is 0 Å². The van der Waals surface area contributed by atoms with Crippen molar-refractivity contribution < 1.29 is 9.53 Å². The first-order valence-electron chi connectivity index (χ1n) is 7.56. The average molecular weight is 298 g/mol. The number of benzene rings is 1. The van der Waals surface area contributed by atoms with E-state index in [-0.39, 0.29) is 5.91 Å². The summed E-state index contributed by atoms with van der Waals surface area (Å²) in [4.78, 5) is 15.7. The SMILES string of the molecule is COc1ccc(CCCCC(=O)NCc2ccncc2)cc1. The molecule has 1 aromatic carbocycles. The molecule has 0 saturated carbocycles. The highest BCUT2D eigenvalue weighted by Gasteiger charge is 2.02. The van der Waals surface area contributed by atoms with E-state index in [1.807, 2.05) is 24.3 Å². The molecule has 0 atom stereocenters. The van der Waals surface area contributed by atoms with Crippen molar-refractivity contribution >= 4 is 5.91 Å². The van der Waals surface area contributed by atoms with E-state index < -0.39 is 0 Å². The Morgan fingerprint density at radius 1 is 1.05 bits per heavy atom. The van der Waals surface area contributed by atoms with Crippen molar-refractivity contribution in [1.29, 1.82) is 0 Å². The van der Waals surface area contributed by atoms with Crippen molar-refractivity contribution in [3.8, 4) is 5.75 Å². The number of aryl methyl sites for hydroxylation is 1. The molecular formula is C18H22N2O2. The fourth-order valence-electron chi connectivity index (χ4n) is 2.20. The van der Waals surface area contributed by atoms with E-state index in [0.29, 0.717) is 13.0 Å². The van der Waals surface area contributed by atoms with Crippen LogP contribution in [0.1, 0.15) is 30.4 Å². The lowest BCUT2D eigenvalue weighted by Crippen LogP contribution is -2.22. The fourth-order valence-corrected chi connectivity index (χ4v) is 2.20. The Bertz CT molecular complexity index is 567. The number of carbonyl (C=O) groups excluding carboxylic acids is 1. The molecule has 2 aromatic rings. The standard InChI is InChI=1S/C18H22N2O2/c1-22-17-8-6-15(7-9-17)4-2-3-5-18(21)20-14-16-10-12-19-13-11-16/h6-13H,2-5,14H2,1H3,(H,20,21). The van der Waals surface area contributed by atoms with Crippen molar-refractivity contribution in [3.05, 3.63) is 59.9 Å². The Labute approximate surface area is 131 Å². The van der Waals surface area contributed by atoms with Gasteiger partial charge in [-0.2, -0.15) is 0 Å². The quantitative estimate of drug-likeness (QED) is 0.762. The number of nitrogens with zero attached hydrogens (tertiary/aromatic N) is 1. The maximum atomic E-state index is 11.8. The van der Waals surface area contributed by atoms with E-state index in [2.05, 4.69) is 22.4 Å². The molecule has 1 N–H and O–H groups in total. The minimum atomic E-state index is 0.103. The topological polar surface area (TPSA) is 51.2 Å². The number of hydrogen-bond donors (Lipinski definition) is 1. The van der Waals surface area contributed by atoms with E-state index in [1.165, 1.54) is 5.56 Å². The molecule has 0 saturated heterocycles. The van der Waals surface area contributed by atoms with Crippen molar-refractivity contribution in [3.63, 3.8) is 0 Å². The summed E-state index contributed by atoms with van der Waals surface area (Å²) < 4.78 is 5.13. The Kier molecular flexibility index (Phi) is 6.42. The summed E-state index contributed by atoms with van der Waals surface area (Å²) in [5.74, 6) is 0.978. The highest BCUT2D eigenvalue weighted by atomic mass is 16.5. The molecule has 1 heterocycles. The summed E-state index contributed by atoms with van der Waals surface area (Å²) in [7, 11) is 1.67. The maximum absolute atomic E-state index is 11.8. The van der Waals surface area contributed by atoms with Gasteiger partial charge in [0.15, 0.2) is 0 Å². The van der Waals surface area contributed by atoms with Gasteiger partial charge < -0.3 is 10.1 Å². The van der Waals surface area contributed by atoms with Crippen LogP contribution in [0.25, 0.3) is 0 Å². The molecule has 4 heteroatoms. The number of hydrogen-bond acceptors (Lipinski definition) is 3. The van der Waals surface area contributed by atoms with Crippen LogP contribution in [0.3, 0.4) is 0 Å². The van der Waals surface area contributed by atoms with Gasteiger partial charge in [-0.1, -0.05) is 12.1 Å². The monoisotopic (exact) mass is 298 g/mol. The molecule has 0 aliphatic carbocycles. The summed E-state index contributed by atoms with van der Waals surface area (Å²) in [6.07, 6.45) is 6.93. The normalized spacial score (nSPS) is 10.2. The van der Waals surface area contributed by atoms with Gasteiger partial charge in [-0.25, -0.2) is 0 Å². The van der Waals surface area contributed by atoms with Crippen molar-refractivity contribution in [1.82, 2.24) is 10.3 Å². The predicted octanol–water partition coefficient (Wildman–Crippen LogP) is 3.12. The molecule has 0 radical (unpaired) electrons. The number of amides is 1. The van der Waals surface area contributed by atoms with Crippen LogP contribution in [-0.2, 0) is 17.8 Å². The highest BCUT2D eigenvalue weighted by Crippen LogP contribution is 2.13. The fraction of sp³-hybridized carbons (Fsp3) is 0.333. The second kappa shape index (κ2) is 8.82. The van der Waals surface area contributed by atoms with Gasteiger partial charge in [-0.3, -0.25) is 9.78 Å². The van der Waals surface area contributed by atoms with Crippen molar-refractivity contribution in [2.75, 3.05) is 7.11 Å². The minimum absolute atomic E-state index is 0.103. The molecule has 0 unspecified atom stereocenters. The lowest BCUT2D eigenvalue weighted by atomic mass is 10.1. The van der Waals surface area contributed by atoms with Crippen LogP contribution in [0.15, 0.2) is 48.8 Å². The summed E-state index contributed by atoms with van der Waals surface area (Å²) in [5.41, 5.74) is 2.35. The zero-order valence-electron chi connectivity index (χ0n) is 12.9. The maximum Gasteiger partial charge on any atom is 0.220 e. The van der Waals surface area contributed by atoms with Gasteiger partial charge in [-0.05, 0) is 54.7 Å². The first-order valence-corrected chi connectivity index (χ1v) is 7.56. The first-order chi connectivity index (χ1) is 10.8. The summed E-state index contributed by atoms with van der Waals surface area (Å²) in [5, 5.41) is 2.93. The molecule has 22 heavy (non-hydrogen) atoms. The summed E-state index contributed by atoms with van der Waals surface area (Å²) in [6, 6.07) is 11.9. The molecule has 1 aromatic heterocycles. The molecule has 0 spiro atoms. The third kappa shape index (κ3) is 5.56. The molecular weight excluding hydrogens is 276 g/mol. The third-order valence-electron chi connectivity index (χ3n) is 3.52. The molecule has 2 rings (SSSR count). The van der Waals surface area contributed by atoms with Crippen molar-refractivity contribution in [2.24, 2.45) is 0 Å². The smallest absolute Gasteiger partial charge is 0.220 e. The predicted molar refractivity (Wildman–Crippen MR) is 86.6 cm³/mol. The zero-order valence-corrected chi connectivity index (χ0v) is 12.9. The highest BCUT2D eigenvalue weighted by molar-refractivity contribution is 5.75. The second-order valence-electron chi connectivity index (χ2n) is 5.19. The van der Waals surface area contributed by atoms with Crippen LogP contribution in [0.5, 0.6) is 5.75 Å². The van der Waals surface area contributed by atoms with Crippen LogP contribution in [0.4, 0.5) is 0 Å². The number of nitrogens with one attached hydrogen (secondary N) is 1. The molecule has 0 aliphatic rings. The van der Waals surface area contributed by atoms with E-state index in [0.717, 1.165) is 30.6 Å². The van der Waals surface area contributed by atoms with E-state index in [4.69, 9.17) is 4.74 Å². The van der Waals surface area contributed by atoms with Gasteiger partial charge in [0.05, 0.1) is 7.11 Å². The number of methoxy groups -OCH3 is 1. The number of rotatable bonds is 8. The number of carbonyl (C=O) groups is 1. The van der Waals surface area contributed by atoms with E-state index in [9.17, 15) is 4.79 Å². The van der Waals surface area contributed by atoms with Crippen LogP contribution in [-0.4, -0.2) is 18.0 Å². The Hall–Kier alpha value is -2.36. The number of aromatic nitrogens is 1. The number of ether oxygens (including phenoxy) is 1. The molecule has 116 valence electrons. The number of pyridine rings is 1.